The van der Waals surface area contributed by atoms with Crippen LogP contribution in [0, 0.1) is 0 Å². The van der Waals surface area contributed by atoms with Gasteiger partial charge in [0.1, 0.15) is 5.78 Å². The van der Waals surface area contributed by atoms with E-state index in [0.717, 1.165) is 0 Å². The number of carbonyl (C=O) groups excluding carboxylic acids is 1. The fourth-order valence-electron chi connectivity index (χ4n) is 5.91. The van der Waals surface area contributed by atoms with Crippen molar-refractivity contribution >= 4 is 5.78 Å². The van der Waals surface area contributed by atoms with Gasteiger partial charge in [0.15, 0.2) is 0 Å². The van der Waals surface area contributed by atoms with E-state index in [1.807, 2.05) is 4.90 Å². The molecule has 0 fully saturated rings. The van der Waals surface area contributed by atoms with Crippen molar-refractivity contribution in [2.24, 2.45) is 0 Å². The Morgan fingerprint density at radius 2 is 0.981 bits per heavy atom. The monoisotopic (exact) mass is 736 g/mol. The van der Waals surface area contributed by atoms with Gasteiger partial charge in [0, 0.05) is 57.0 Å². The third-order valence-electron chi connectivity index (χ3n) is 8.89. The van der Waals surface area contributed by atoms with Crippen molar-refractivity contribution in [3.05, 3.63) is 137 Å². The van der Waals surface area contributed by atoms with Crippen LogP contribution in [-0.2, 0) is 31.0 Å². The van der Waals surface area contributed by atoms with Gasteiger partial charge in [0.2, 0.25) is 0 Å². The largest absolute Gasteiger partial charge is 0.425 e. The summed E-state index contributed by atoms with van der Waals surface area (Å²) < 4.78 is 2.37. The molecule has 0 radical (unpaired) electrons. The molecule has 6 N–H and O–H groups in total. The summed E-state index contributed by atoms with van der Waals surface area (Å²) in [4.78, 5) is 64.4. The second-order valence-corrected chi connectivity index (χ2v) is 12.8. The van der Waals surface area contributed by atoms with Crippen molar-refractivity contribution in [2.75, 3.05) is 32.7 Å². The van der Waals surface area contributed by atoms with E-state index in [4.69, 9.17) is 0 Å². The average molecular weight is 737 g/mol. The van der Waals surface area contributed by atoms with E-state index < -0.39 is 28.3 Å². The van der Waals surface area contributed by atoms with Crippen LogP contribution in [0.3, 0.4) is 0 Å². The van der Waals surface area contributed by atoms with Crippen molar-refractivity contribution in [2.45, 2.75) is 64.8 Å². The number of aromatic nitrogens is 4. The lowest BCUT2D eigenvalue weighted by Crippen LogP contribution is -2.40. The summed E-state index contributed by atoms with van der Waals surface area (Å²) in [7, 11) is 0. The molecule has 1 unspecified atom stereocenters. The zero-order valence-electron chi connectivity index (χ0n) is 29.7. The first-order valence-electron chi connectivity index (χ1n) is 17.4. The summed E-state index contributed by atoms with van der Waals surface area (Å²) in [5.41, 5.74) is -0.649. The zero-order chi connectivity index (χ0) is 38.3. The summed E-state index contributed by atoms with van der Waals surface area (Å²) in [6.45, 7) is 5.11. The van der Waals surface area contributed by atoms with E-state index in [2.05, 4.69) is 15.5 Å². The molecule has 0 amide bonds. The van der Waals surface area contributed by atoms with Crippen molar-refractivity contribution in [1.29, 1.82) is 0 Å². The Balaban J connectivity index is 1.37. The standard InChI is InChI=1S/C36H48N8O9/c1-27(45)32(38-24-29-10-5-14-34(47)42(29)51)17-22-40(26-31-12-7-16-36(49)44(31)53)20-3-2-19-39(25-30-11-6-15-35(48)43(30)52)21-8-18-37-23-28-9-4-13-33(46)41(28)50/h4-7,9-16,32,37-38,50-53H,2-3,8,17-26H2,1H3. The third-order valence-corrected chi connectivity index (χ3v) is 8.89. The van der Waals surface area contributed by atoms with Crippen LogP contribution in [0.2, 0.25) is 0 Å². The number of hydrogen-bond acceptors (Lipinski definition) is 13. The molecule has 0 aliphatic heterocycles. The Hall–Kier alpha value is -5.49. The fourth-order valence-corrected chi connectivity index (χ4v) is 5.91. The van der Waals surface area contributed by atoms with Crippen LogP contribution in [0.15, 0.2) is 92.0 Å². The molecule has 17 heteroatoms. The van der Waals surface area contributed by atoms with Gasteiger partial charge in [-0.2, -0.15) is 18.9 Å². The number of Topliss-reactive ketones (excluding diaryl/α,β-unsaturated/α-hetero) is 1. The molecule has 0 saturated carbocycles. The highest BCUT2D eigenvalue weighted by Gasteiger charge is 2.18. The Kier molecular flexibility index (Phi) is 15.2. The van der Waals surface area contributed by atoms with Crippen LogP contribution < -0.4 is 32.9 Å². The fraction of sp³-hybridized carbons (Fsp3) is 0.417. The molecule has 0 aliphatic rings. The van der Waals surface area contributed by atoms with Gasteiger partial charge in [-0.25, -0.2) is 0 Å². The topological polar surface area (TPSA) is 217 Å². The molecule has 0 aromatic carbocycles. The lowest BCUT2D eigenvalue weighted by atomic mass is 10.1. The van der Waals surface area contributed by atoms with Crippen LogP contribution in [-0.4, -0.2) is 94.1 Å². The highest BCUT2D eigenvalue weighted by atomic mass is 16.5. The molecule has 0 bridgehead atoms. The van der Waals surface area contributed by atoms with E-state index in [9.17, 15) is 44.8 Å². The van der Waals surface area contributed by atoms with Crippen LogP contribution >= 0.6 is 0 Å². The Morgan fingerprint density at radius 3 is 1.45 bits per heavy atom. The molecule has 4 heterocycles. The minimum absolute atomic E-state index is 0.0783. The molecule has 286 valence electrons. The summed E-state index contributed by atoms with van der Waals surface area (Å²) in [5.74, 6) is -0.130. The van der Waals surface area contributed by atoms with Gasteiger partial charge < -0.3 is 31.5 Å². The molecule has 0 saturated heterocycles. The number of ketones is 1. The molecule has 4 aromatic rings. The molecule has 0 aliphatic carbocycles. The summed E-state index contributed by atoms with van der Waals surface area (Å²) in [5, 5.41) is 47.0. The quantitative estimate of drug-likeness (QED) is 0.0484. The summed E-state index contributed by atoms with van der Waals surface area (Å²) in [6, 6.07) is 17.2. The van der Waals surface area contributed by atoms with Gasteiger partial charge in [-0.3, -0.25) is 33.8 Å². The van der Waals surface area contributed by atoms with Crippen LogP contribution in [0.4, 0.5) is 0 Å². The zero-order valence-corrected chi connectivity index (χ0v) is 29.7. The molecule has 4 aromatic heterocycles. The van der Waals surface area contributed by atoms with Crippen molar-refractivity contribution in [3.63, 3.8) is 0 Å². The Labute approximate surface area is 305 Å². The Bertz CT molecular complexity index is 2040. The summed E-state index contributed by atoms with van der Waals surface area (Å²) >= 11 is 0. The highest BCUT2D eigenvalue weighted by molar-refractivity contribution is 5.81. The average Bonchev–Trinajstić information content (AvgIpc) is 3.13. The van der Waals surface area contributed by atoms with Crippen molar-refractivity contribution in [1.82, 2.24) is 39.4 Å². The second-order valence-electron chi connectivity index (χ2n) is 12.8. The third kappa shape index (κ3) is 12.0. The van der Waals surface area contributed by atoms with Gasteiger partial charge in [-0.05, 0) is 83.1 Å². The second kappa shape index (κ2) is 19.9. The van der Waals surface area contributed by atoms with Crippen LogP contribution in [0.25, 0.3) is 0 Å². The van der Waals surface area contributed by atoms with Crippen LogP contribution in [0.1, 0.15) is 55.4 Å². The van der Waals surface area contributed by atoms with E-state index in [1.165, 1.54) is 37.3 Å². The molecule has 0 spiro atoms. The number of pyridine rings is 4. The first-order chi connectivity index (χ1) is 25.4. The smallest absolute Gasteiger partial charge is 0.283 e. The molecular weight excluding hydrogens is 688 g/mol. The lowest BCUT2D eigenvalue weighted by Gasteiger charge is -2.26. The van der Waals surface area contributed by atoms with Crippen LogP contribution in [0.5, 0.6) is 0 Å². The van der Waals surface area contributed by atoms with Gasteiger partial charge in [-0.15, -0.1) is 0 Å². The lowest BCUT2D eigenvalue weighted by molar-refractivity contribution is -0.119. The van der Waals surface area contributed by atoms with E-state index >= 15 is 0 Å². The van der Waals surface area contributed by atoms with Gasteiger partial charge in [0.05, 0.1) is 28.8 Å². The predicted octanol–water partition coefficient (Wildman–Crippen LogP) is 0.684. The number of carbonyl (C=O) groups is 1. The molecule has 4 rings (SSSR count). The number of nitrogens with zero attached hydrogens (tertiary/aromatic N) is 6. The van der Waals surface area contributed by atoms with Gasteiger partial charge >= 0.3 is 0 Å². The molecule has 1 atom stereocenters. The Morgan fingerprint density at radius 1 is 0.585 bits per heavy atom. The normalized spacial score (nSPS) is 12.1. The maximum Gasteiger partial charge on any atom is 0.283 e. The maximum absolute atomic E-state index is 12.6. The minimum Gasteiger partial charge on any atom is -0.425 e. The first-order valence-corrected chi connectivity index (χ1v) is 17.4. The highest BCUT2D eigenvalue weighted by Crippen LogP contribution is 2.10. The minimum atomic E-state index is -0.599. The molecule has 53 heavy (non-hydrogen) atoms. The van der Waals surface area contributed by atoms with E-state index in [-0.39, 0.29) is 25.4 Å². The number of hydrogen-bond donors (Lipinski definition) is 6. The maximum atomic E-state index is 12.6. The number of nitrogens with one attached hydrogen (secondary N) is 2. The van der Waals surface area contributed by atoms with Gasteiger partial charge in [0.25, 0.3) is 22.2 Å². The molecule has 17 nitrogen and oxygen atoms in total. The van der Waals surface area contributed by atoms with Crippen molar-refractivity contribution in [3.8, 4) is 0 Å². The first kappa shape index (κ1) is 40.3. The molecular formula is C36H48N8O9. The van der Waals surface area contributed by atoms with E-state index in [0.29, 0.717) is 107 Å². The SMILES string of the molecule is CC(=O)C(CCN(CCCCN(CCCNCc1cccc(=O)n1O)Cc1cccc(=O)n1O)Cc1cccc(=O)n1O)NCc1cccc(=O)n1O. The predicted molar refractivity (Wildman–Crippen MR) is 194 cm³/mol. The van der Waals surface area contributed by atoms with Crippen molar-refractivity contribution < 1.29 is 25.6 Å². The number of rotatable bonds is 22. The van der Waals surface area contributed by atoms with E-state index in [1.54, 1.807) is 42.5 Å². The number of unbranched alkanes of at least 4 members (excludes halogenated alkanes) is 1. The summed E-state index contributed by atoms with van der Waals surface area (Å²) in [6.07, 6.45) is 2.47. The van der Waals surface area contributed by atoms with Gasteiger partial charge in [-0.1, -0.05) is 24.3 Å².